The fourth-order valence-electron chi connectivity index (χ4n) is 2.46. The van der Waals surface area contributed by atoms with Crippen molar-refractivity contribution in [1.82, 2.24) is 0 Å². The molecule has 1 aromatic carbocycles. The standard InChI is InChI=1S/C16H25FO/c1-11(10-16(3,4)5)8-15(18)13-7-6-12(2)14(17)9-13/h6-7,9,11,15,18H,8,10H2,1-5H3. The fourth-order valence-corrected chi connectivity index (χ4v) is 2.46. The Kier molecular flexibility index (Phi) is 4.92. The van der Waals surface area contributed by atoms with Crippen LogP contribution in [0.3, 0.4) is 0 Å². The van der Waals surface area contributed by atoms with Gasteiger partial charge in [-0.1, -0.05) is 39.8 Å². The Balaban J connectivity index is 2.64. The summed E-state index contributed by atoms with van der Waals surface area (Å²) in [6.45, 7) is 10.5. The van der Waals surface area contributed by atoms with Crippen LogP contribution in [-0.2, 0) is 0 Å². The summed E-state index contributed by atoms with van der Waals surface area (Å²) in [6, 6.07) is 4.99. The first-order valence-electron chi connectivity index (χ1n) is 6.63. The topological polar surface area (TPSA) is 20.2 Å². The van der Waals surface area contributed by atoms with Gasteiger partial charge in [0, 0.05) is 0 Å². The molecule has 0 saturated carbocycles. The molecule has 18 heavy (non-hydrogen) atoms. The summed E-state index contributed by atoms with van der Waals surface area (Å²) >= 11 is 0. The summed E-state index contributed by atoms with van der Waals surface area (Å²) in [4.78, 5) is 0. The quantitative estimate of drug-likeness (QED) is 0.828. The van der Waals surface area contributed by atoms with Crippen LogP contribution in [0.5, 0.6) is 0 Å². The largest absolute Gasteiger partial charge is 0.388 e. The van der Waals surface area contributed by atoms with Gasteiger partial charge in [0.05, 0.1) is 6.10 Å². The molecule has 1 aromatic rings. The van der Waals surface area contributed by atoms with Gasteiger partial charge in [0.1, 0.15) is 5.82 Å². The molecule has 0 heterocycles. The molecule has 1 rings (SSSR count). The molecule has 0 fully saturated rings. The first kappa shape index (κ1) is 15.2. The van der Waals surface area contributed by atoms with E-state index in [2.05, 4.69) is 27.7 Å². The van der Waals surface area contributed by atoms with Crippen LogP contribution in [0.1, 0.15) is 57.8 Å². The van der Waals surface area contributed by atoms with Crippen molar-refractivity contribution in [3.8, 4) is 0 Å². The van der Waals surface area contributed by atoms with Gasteiger partial charge in [0.25, 0.3) is 0 Å². The molecule has 0 aliphatic carbocycles. The predicted octanol–water partition coefficient (Wildman–Crippen LogP) is 4.63. The van der Waals surface area contributed by atoms with E-state index in [1.807, 2.05) is 6.07 Å². The molecule has 1 N–H and O–H groups in total. The van der Waals surface area contributed by atoms with Crippen molar-refractivity contribution < 1.29 is 9.50 Å². The molecule has 2 atom stereocenters. The minimum absolute atomic E-state index is 0.241. The van der Waals surface area contributed by atoms with Crippen molar-refractivity contribution in [3.05, 3.63) is 35.1 Å². The van der Waals surface area contributed by atoms with Crippen LogP contribution in [-0.4, -0.2) is 5.11 Å². The molecule has 0 aliphatic rings. The summed E-state index contributed by atoms with van der Waals surface area (Å²) in [5.41, 5.74) is 1.56. The monoisotopic (exact) mass is 252 g/mol. The highest BCUT2D eigenvalue weighted by atomic mass is 19.1. The van der Waals surface area contributed by atoms with Gasteiger partial charge in [-0.25, -0.2) is 4.39 Å². The molecular weight excluding hydrogens is 227 g/mol. The number of halogens is 1. The Morgan fingerprint density at radius 2 is 1.89 bits per heavy atom. The van der Waals surface area contributed by atoms with E-state index in [9.17, 15) is 9.50 Å². The van der Waals surface area contributed by atoms with Gasteiger partial charge in [-0.2, -0.15) is 0 Å². The number of benzene rings is 1. The maximum absolute atomic E-state index is 13.4. The van der Waals surface area contributed by atoms with Crippen molar-refractivity contribution in [3.63, 3.8) is 0 Å². The van der Waals surface area contributed by atoms with E-state index in [1.165, 1.54) is 6.07 Å². The molecule has 0 saturated heterocycles. The Hall–Kier alpha value is -0.890. The van der Waals surface area contributed by atoms with Gasteiger partial charge in [-0.3, -0.25) is 0 Å². The first-order valence-corrected chi connectivity index (χ1v) is 6.63. The van der Waals surface area contributed by atoms with Crippen LogP contribution in [0.25, 0.3) is 0 Å². The second-order valence-electron chi connectivity index (χ2n) is 6.63. The number of hydrogen-bond acceptors (Lipinski definition) is 1. The third-order valence-electron chi connectivity index (χ3n) is 3.17. The summed E-state index contributed by atoms with van der Waals surface area (Å²) in [5, 5.41) is 10.1. The molecule has 0 aliphatic heterocycles. The van der Waals surface area contributed by atoms with Crippen molar-refractivity contribution in [2.75, 3.05) is 0 Å². The number of aliphatic hydroxyl groups is 1. The third-order valence-corrected chi connectivity index (χ3v) is 3.17. The molecule has 0 amide bonds. The Labute approximate surface area is 110 Å². The maximum atomic E-state index is 13.4. The summed E-state index contributed by atoms with van der Waals surface area (Å²) in [6.07, 6.45) is 1.16. The molecule has 1 nitrogen and oxygen atoms in total. The molecule has 102 valence electrons. The van der Waals surface area contributed by atoms with Crippen LogP contribution in [0.4, 0.5) is 4.39 Å². The van der Waals surface area contributed by atoms with Gasteiger partial charge < -0.3 is 5.11 Å². The maximum Gasteiger partial charge on any atom is 0.126 e. The van der Waals surface area contributed by atoms with Gasteiger partial charge in [-0.15, -0.1) is 0 Å². The van der Waals surface area contributed by atoms with Crippen molar-refractivity contribution >= 4 is 0 Å². The Bertz CT molecular complexity index is 393. The highest BCUT2D eigenvalue weighted by Gasteiger charge is 2.19. The summed E-state index contributed by atoms with van der Waals surface area (Å²) in [7, 11) is 0. The molecular formula is C16H25FO. The lowest BCUT2D eigenvalue weighted by atomic mass is 9.82. The van der Waals surface area contributed by atoms with E-state index in [0.717, 1.165) is 6.42 Å². The zero-order valence-corrected chi connectivity index (χ0v) is 12.1. The lowest BCUT2D eigenvalue weighted by molar-refractivity contribution is 0.133. The van der Waals surface area contributed by atoms with Crippen molar-refractivity contribution in [2.45, 2.75) is 53.6 Å². The zero-order chi connectivity index (χ0) is 13.9. The number of aliphatic hydroxyl groups excluding tert-OH is 1. The Morgan fingerprint density at radius 3 is 2.39 bits per heavy atom. The van der Waals surface area contributed by atoms with Gasteiger partial charge in [0.15, 0.2) is 0 Å². The molecule has 0 spiro atoms. The highest BCUT2D eigenvalue weighted by molar-refractivity contribution is 5.24. The molecule has 2 unspecified atom stereocenters. The second kappa shape index (κ2) is 5.83. The molecule has 0 aromatic heterocycles. The number of rotatable bonds is 4. The van der Waals surface area contributed by atoms with Crippen LogP contribution in [0.15, 0.2) is 18.2 Å². The lowest BCUT2D eigenvalue weighted by Gasteiger charge is -2.25. The van der Waals surface area contributed by atoms with Crippen LogP contribution >= 0.6 is 0 Å². The van der Waals surface area contributed by atoms with E-state index < -0.39 is 6.10 Å². The van der Waals surface area contributed by atoms with Crippen LogP contribution < -0.4 is 0 Å². The van der Waals surface area contributed by atoms with E-state index in [1.54, 1.807) is 13.0 Å². The minimum Gasteiger partial charge on any atom is -0.388 e. The number of aryl methyl sites for hydroxylation is 1. The van der Waals surface area contributed by atoms with E-state index in [0.29, 0.717) is 23.5 Å². The van der Waals surface area contributed by atoms with E-state index in [4.69, 9.17) is 0 Å². The smallest absolute Gasteiger partial charge is 0.126 e. The molecule has 0 bridgehead atoms. The van der Waals surface area contributed by atoms with Crippen LogP contribution in [0.2, 0.25) is 0 Å². The number of hydrogen-bond donors (Lipinski definition) is 1. The average molecular weight is 252 g/mol. The van der Waals surface area contributed by atoms with E-state index in [-0.39, 0.29) is 11.2 Å². The highest BCUT2D eigenvalue weighted by Crippen LogP contribution is 2.30. The van der Waals surface area contributed by atoms with Gasteiger partial charge in [0.2, 0.25) is 0 Å². The summed E-state index contributed by atoms with van der Waals surface area (Å²) < 4.78 is 13.4. The molecule has 2 heteroatoms. The first-order chi connectivity index (χ1) is 8.19. The van der Waals surface area contributed by atoms with Crippen LogP contribution in [0, 0.1) is 24.1 Å². The predicted molar refractivity (Wildman–Crippen MR) is 73.9 cm³/mol. The van der Waals surface area contributed by atoms with Gasteiger partial charge in [-0.05, 0) is 48.3 Å². The zero-order valence-electron chi connectivity index (χ0n) is 12.1. The third kappa shape index (κ3) is 4.77. The minimum atomic E-state index is -0.572. The normalized spacial score (nSPS) is 15.5. The summed E-state index contributed by atoms with van der Waals surface area (Å²) in [5.74, 6) is 0.180. The SMILES string of the molecule is Cc1ccc(C(O)CC(C)CC(C)(C)C)cc1F. The van der Waals surface area contributed by atoms with E-state index >= 15 is 0 Å². The second-order valence-corrected chi connectivity index (χ2v) is 6.63. The van der Waals surface area contributed by atoms with Crippen molar-refractivity contribution in [2.24, 2.45) is 11.3 Å². The fraction of sp³-hybridized carbons (Fsp3) is 0.625. The molecule has 0 radical (unpaired) electrons. The Morgan fingerprint density at radius 1 is 1.28 bits per heavy atom. The van der Waals surface area contributed by atoms with Gasteiger partial charge >= 0.3 is 0 Å². The van der Waals surface area contributed by atoms with Crippen molar-refractivity contribution in [1.29, 1.82) is 0 Å². The average Bonchev–Trinajstić information content (AvgIpc) is 2.18. The lowest BCUT2D eigenvalue weighted by Crippen LogP contribution is -2.13.